The lowest BCUT2D eigenvalue weighted by atomic mass is 10.1. The number of anilines is 1. The molecule has 2 amide bonds. The molecule has 0 radical (unpaired) electrons. The Morgan fingerprint density at radius 3 is 2.03 bits per heavy atom. The van der Waals surface area contributed by atoms with Crippen molar-refractivity contribution in [2.45, 2.75) is 105 Å². The minimum absolute atomic E-state index is 0.00184. The number of carbonyl (C=O) groups is 4. The van der Waals surface area contributed by atoms with E-state index in [4.69, 9.17) is 28.4 Å². The van der Waals surface area contributed by atoms with Gasteiger partial charge in [0.25, 0.3) is 0 Å². The molecule has 0 bridgehead atoms. The van der Waals surface area contributed by atoms with Gasteiger partial charge in [0.15, 0.2) is 17.4 Å². The number of benzene rings is 3. The number of ether oxygens (including phenoxy) is 6. The summed E-state index contributed by atoms with van der Waals surface area (Å²) in [4.78, 5) is 58.5. The number of para-hydroxylation sites is 1. The van der Waals surface area contributed by atoms with E-state index in [-0.39, 0.29) is 34.7 Å². The first-order valence-corrected chi connectivity index (χ1v) is 20.5. The molecule has 0 N–H and O–H groups in total. The standard InChI is InChI=1S/C45H50BrFN4O10/c1-26-21-29(58-36-14-12-11-13-32(36)47)15-16-33(26)51-39(50(41(54)60-44(5,6)7)42(55)61-45(8,9)10)30(25-48-51)38(52)35-22-27-23-37(57-28-17-19-56-20-18-28)31(46)24-34(27)49(35)40(53)59-43(2,3)4/h11-16,21-25,28H,17-20H2,1-10H3. The molecule has 0 atom stereocenters. The van der Waals surface area contributed by atoms with Crippen molar-refractivity contribution < 1.29 is 52.0 Å². The second-order valence-corrected chi connectivity index (χ2v) is 18.4. The predicted molar refractivity (Wildman–Crippen MR) is 229 cm³/mol. The summed E-state index contributed by atoms with van der Waals surface area (Å²) in [7, 11) is 0. The van der Waals surface area contributed by atoms with Crippen LogP contribution in [0.4, 0.5) is 24.6 Å². The van der Waals surface area contributed by atoms with Crippen LogP contribution < -0.4 is 14.4 Å². The predicted octanol–water partition coefficient (Wildman–Crippen LogP) is 11.1. The van der Waals surface area contributed by atoms with E-state index in [1.165, 1.54) is 29.1 Å². The lowest BCUT2D eigenvalue weighted by molar-refractivity contribution is 0.0253. The molecule has 1 saturated heterocycles. The fourth-order valence-corrected chi connectivity index (χ4v) is 6.85. The van der Waals surface area contributed by atoms with Gasteiger partial charge < -0.3 is 28.4 Å². The van der Waals surface area contributed by atoms with Gasteiger partial charge in [-0.25, -0.2) is 28.0 Å². The molecule has 1 aliphatic rings. The highest BCUT2D eigenvalue weighted by atomic mass is 79.9. The van der Waals surface area contributed by atoms with Gasteiger partial charge in [0, 0.05) is 18.2 Å². The van der Waals surface area contributed by atoms with E-state index in [0.717, 1.165) is 4.57 Å². The Bertz CT molecular complexity index is 2460. The largest absolute Gasteiger partial charge is 0.489 e. The molecule has 16 heteroatoms. The van der Waals surface area contributed by atoms with Crippen LogP contribution in [-0.2, 0) is 18.9 Å². The Morgan fingerprint density at radius 1 is 0.820 bits per heavy atom. The van der Waals surface area contributed by atoms with E-state index >= 15 is 4.79 Å². The highest BCUT2D eigenvalue weighted by Gasteiger charge is 2.40. The molecular formula is C45H50BrFN4O10. The Kier molecular flexibility index (Phi) is 12.7. The van der Waals surface area contributed by atoms with Gasteiger partial charge >= 0.3 is 18.3 Å². The van der Waals surface area contributed by atoms with Crippen LogP contribution in [0.1, 0.15) is 96.8 Å². The topological polar surface area (TPSA) is 150 Å². The smallest absolute Gasteiger partial charge is 0.425 e. The Balaban J connectivity index is 1.56. The molecule has 5 aromatic rings. The van der Waals surface area contributed by atoms with Crippen LogP contribution in [0.3, 0.4) is 0 Å². The van der Waals surface area contributed by atoms with Gasteiger partial charge in [0.2, 0.25) is 5.78 Å². The summed E-state index contributed by atoms with van der Waals surface area (Å²) in [6, 6.07) is 15.6. The molecule has 1 aliphatic heterocycles. The Hall–Kier alpha value is -5.74. The lowest BCUT2D eigenvalue weighted by Crippen LogP contribution is -2.45. The molecule has 0 aliphatic carbocycles. The second kappa shape index (κ2) is 17.3. The molecule has 14 nitrogen and oxygen atoms in total. The van der Waals surface area contributed by atoms with Crippen LogP contribution in [-0.4, -0.2) is 74.5 Å². The van der Waals surface area contributed by atoms with Gasteiger partial charge in [-0.3, -0.25) is 4.79 Å². The summed E-state index contributed by atoms with van der Waals surface area (Å²) in [6.07, 6.45) is -0.737. The van der Waals surface area contributed by atoms with Crippen molar-refractivity contribution in [1.29, 1.82) is 0 Å². The summed E-state index contributed by atoms with van der Waals surface area (Å²) < 4.78 is 52.4. The highest BCUT2D eigenvalue weighted by Crippen LogP contribution is 2.38. The molecule has 2 aromatic heterocycles. The van der Waals surface area contributed by atoms with Crippen LogP contribution in [0.25, 0.3) is 16.6 Å². The monoisotopic (exact) mass is 904 g/mol. The average Bonchev–Trinajstić information content (AvgIpc) is 3.72. The third-order valence-corrected chi connectivity index (χ3v) is 9.56. The number of aromatic nitrogens is 3. The zero-order valence-electron chi connectivity index (χ0n) is 35.9. The number of nitrogens with zero attached hydrogens (tertiary/aromatic N) is 4. The molecule has 324 valence electrons. The van der Waals surface area contributed by atoms with Crippen molar-refractivity contribution in [3.05, 3.63) is 94.0 Å². The van der Waals surface area contributed by atoms with Crippen molar-refractivity contribution in [3.8, 4) is 22.9 Å². The number of hydrogen-bond donors (Lipinski definition) is 0. The highest BCUT2D eigenvalue weighted by molar-refractivity contribution is 9.10. The summed E-state index contributed by atoms with van der Waals surface area (Å²) >= 11 is 3.60. The van der Waals surface area contributed by atoms with Gasteiger partial charge in [-0.2, -0.15) is 10.00 Å². The Labute approximate surface area is 361 Å². The van der Waals surface area contributed by atoms with Gasteiger partial charge in [-0.1, -0.05) is 12.1 Å². The maximum atomic E-state index is 15.2. The van der Waals surface area contributed by atoms with Crippen molar-refractivity contribution in [2.24, 2.45) is 0 Å². The van der Waals surface area contributed by atoms with Gasteiger partial charge in [0.1, 0.15) is 40.1 Å². The van der Waals surface area contributed by atoms with E-state index in [1.807, 2.05) is 0 Å². The first-order chi connectivity index (χ1) is 28.5. The maximum absolute atomic E-state index is 15.2. The molecule has 3 heterocycles. The van der Waals surface area contributed by atoms with Crippen LogP contribution in [0.2, 0.25) is 0 Å². The first-order valence-electron chi connectivity index (χ1n) is 19.7. The second-order valence-electron chi connectivity index (χ2n) is 17.5. The fourth-order valence-electron chi connectivity index (χ4n) is 6.42. The minimum Gasteiger partial charge on any atom is -0.489 e. The summed E-state index contributed by atoms with van der Waals surface area (Å²) in [5, 5.41) is 5.02. The molecule has 3 aromatic carbocycles. The molecule has 6 rings (SSSR count). The Morgan fingerprint density at radius 2 is 1.44 bits per heavy atom. The quantitative estimate of drug-likeness (QED) is 0.108. The third kappa shape index (κ3) is 10.6. The van der Waals surface area contributed by atoms with E-state index in [0.29, 0.717) is 63.3 Å². The first kappa shape index (κ1) is 44.8. The molecule has 61 heavy (non-hydrogen) atoms. The zero-order valence-corrected chi connectivity index (χ0v) is 37.5. The van der Waals surface area contributed by atoms with Crippen molar-refractivity contribution in [1.82, 2.24) is 14.3 Å². The molecular weight excluding hydrogens is 855 g/mol. The SMILES string of the molecule is Cc1cc(Oc2ccccc2F)ccc1-n1ncc(C(=O)c2cc3cc(OC4CCOCC4)c(Br)cc3n2C(=O)OC(C)(C)C)c1N(C(=O)OC(C)(C)C)C(=O)OC(C)(C)C. The van der Waals surface area contributed by atoms with Gasteiger partial charge in [-0.15, -0.1) is 0 Å². The van der Waals surface area contributed by atoms with Crippen LogP contribution in [0, 0.1) is 12.7 Å². The average molecular weight is 906 g/mol. The number of ketones is 1. The van der Waals surface area contributed by atoms with Crippen LogP contribution in [0.15, 0.2) is 71.3 Å². The van der Waals surface area contributed by atoms with Gasteiger partial charge in [-0.05, 0) is 139 Å². The number of fused-ring (bicyclic) bond motifs is 1. The minimum atomic E-state index is -1.17. The number of halogens is 2. The number of aryl methyl sites for hydroxylation is 1. The number of carbonyl (C=O) groups excluding carboxylic acids is 4. The van der Waals surface area contributed by atoms with Crippen LogP contribution >= 0.6 is 15.9 Å². The lowest BCUT2D eigenvalue weighted by Gasteiger charge is -2.29. The normalized spacial score (nSPS) is 13.8. The van der Waals surface area contributed by atoms with E-state index in [9.17, 15) is 18.8 Å². The maximum Gasteiger partial charge on any atom is 0.425 e. The van der Waals surface area contributed by atoms with Crippen LogP contribution in [0.5, 0.6) is 17.2 Å². The summed E-state index contributed by atoms with van der Waals surface area (Å²) in [6.45, 7) is 17.7. The van der Waals surface area contributed by atoms with Crippen molar-refractivity contribution in [3.63, 3.8) is 0 Å². The number of amides is 2. The summed E-state index contributed by atoms with van der Waals surface area (Å²) in [5.41, 5.74) is -2.49. The van der Waals surface area contributed by atoms with E-state index in [2.05, 4.69) is 21.0 Å². The molecule has 1 fully saturated rings. The van der Waals surface area contributed by atoms with E-state index in [1.54, 1.807) is 112 Å². The third-order valence-electron chi connectivity index (χ3n) is 8.94. The molecule has 0 saturated carbocycles. The molecule has 0 unspecified atom stereocenters. The fraction of sp³-hybridized carbons (Fsp3) is 0.400. The molecule has 0 spiro atoms. The number of imide groups is 1. The summed E-state index contributed by atoms with van der Waals surface area (Å²) in [5.74, 6) is -0.942. The number of rotatable bonds is 8. The van der Waals surface area contributed by atoms with Crippen molar-refractivity contribution in [2.75, 3.05) is 18.1 Å². The van der Waals surface area contributed by atoms with Crippen molar-refractivity contribution >= 4 is 56.7 Å². The van der Waals surface area contributed by atoms with E-state index < -0.39 is 46.7 Å². The number of hydrogen-bond acceptors (Lipinski definition) is 11. The zero-order chi connectivity index (χ0) is 44.6. The van der Waals surface area contributed by atoms with Gasteiger partial charge in [0.05, 0.1) is 40.7 Å².